The second-order valence-electron chi connectivity index (χ2n) is 7.86. The van der Waals surface area contributed by atoms with Gasteiger partial charge in [-0.15, -0.1) is 23.2 Å². The van der Waals surface area contributed by atoms with Crippen molar-refractivity contribution in [1.82, 2.24) is 10.1 Å². The molecule has 29 heavy (non-hydrogen) atoms. The summed E-state index contributed by atoms with van der Waals surface area (Å²) in [5.41, 5.74) is 0.710. The predicted octanol–water partition coefficient (Wildman–Crippen LogP) is 2.95. The minimum atomic E-state index is -0.811. The molecule has 0 saturated carbocycles. The van der Waals surface area contributed by atoms with Crippen molar-refractivity contribution in [2.75, 3.05) is 24.8 Å². The molecule has 1 amide bonds. The number of nitrogens with one attached hydrogen (secondary N) is 1. The monoisotopic (exact) mass is 444 g/mol. The normalized spacial score (nSPS) is 12.4. The molecule has 0 aliphatic carbocycles. The molecule has 0 saturated heterocycles. The third kappa shape index (κ3) is 9.85. The highest BCUT2D eigenvalue weighted by atomic mass is 35.5. The van der Waals surface area contributed by atoms with Crippen LogP contribution in [0.25, 0.3) is 0 Å². The Balaban J connectivity index is 3.04. The fourth-order valence-electron chi connectivity index (χ4n) is 2.98. The highest BCUT2D eigenvalue weighted by Gasteiger charge is 2.25. The Morgan fingerprint density at radius 2 is 1.79 bits per heavy atom. The molecule has 0 spiro atoms. The molecule has 0 fully saturated rings. The Kier molecular flexibility index (Phi) is 11.0. The van der Waals surface area contributed by atoms with E-state index in [0.29, 0.717) is 36.8 Å². The van der Waals surface area contributed by atoms with E-state index in [0.717, 1.165) is 5.56 Å². The fourth-order valence-corrected chi connectivity index (χ4v) is 3.39. The van der Waals surface area contributed by atoms with Gasteiger partial charge in [0, 0.05) is 36.5 Å². The van der Waals surface area contributed by atoms with E-state index in [4.69, 9.17) is 27.9 Å². The molecule has 1 aromatic carbocycles. The van der Waals surface area contributed by atoms with Crippen molar-refractivity contribution in [2.45, 2.75) is 52.1 Å². The third-order valence-corrected chi connectivity index (χ3v) is 4.36. The van der Waals surface area contributed by atoms with Crippen LogP contribution in [0.2, 0.25) is 6.82 Å². The average Bonchev–Trinajstić information content (AvgIpc) is 2.59. The lowest BCUT2D eigenvalue weighted by molar-refractivity contribution is -0.155. The second-order valence-corrected chi connectivity index (χ2v) is 8.62. The number of rotatable bonds is 11. The van der Waals surface area contributed by atoms with Crippen LogP contribution >= 0.6 is 23.2 Å². The molecule has 1 atom stereocenters. The molecule has 162 valence electrons. The number of amides is 1. The molecule has 0 heterocycles. The molecule has 0 unspecified atom stereocenters. The topological polar surface area (TPSA) is 78.9 Å². The first-order chi connectivity index (χ1) is 13.6. The summed E-state index contributed by atoms with van der Waals surface area (Å²) in [6.45, 7) is 7.79. The lowest BCUT2D eigenvalue weighted by Gasteiger charge is -2.25. The van der Waals surface area contributed by atoms with Gasteiger partial charge < -0.3 is 19.9 Å². The van der Waals surface area contributed by atoms with Gasteiger partial charge in [0.05, 0.1) is 6.42 Å². The SMILES string of the molecule is CB(O)N[C@@H](CC(=O)OC(C)(C)C)Cc1ccccc1C(=O)N(CCCl)CCCl. The smallest absolute Gasteiger partial charge is 0.373 e. The van der Waals surface area contributed by atoms with Gasteiger partial charge in [-0.1, -0.05) is 18.2 Å². The number of ether oxygens (including phenoxy) is 1. The average molecular weight is 445 g/mol. The summed E-state index contributed by atoms with van der Waals surface area (Å²) in [6, 6.07) is 6.83. The number of carbonyl (C=O) groups is 2. The number of nitrogens with zero attached hydrogens (tertiary/aromatic N) is 1. The summed E-state index contributed by atoms with van der Waals surface area (Å²) in [6.07, 6.45) is 0.444. The van der Waals surface area contributed by atoms with Crippen LogP contribution in [0.5, 0.6) is 0 Å². The number of hydrogen-bond acceptors (Lipinski definition) is 5. The van der Waals surface area contributed by atoms with Gasteiger partial charge in [-0.05, 0) is 45.6 Å². The van der Waals surface area contributed by atoms with Gasteiger partial charge in [-0.25, -0.2) is 0 Å². The van der Waals surface area contributed by atoms with E-state index < -0.39 is 18.7 Å². The zero-order chi connectivity index (χ0) is 22.0. The van der Waals surface area contributed by atoms with Crippen molar-refractivity contribution in [3.63, 3.8) is 0 Å². The molecule has 6 nitrogen and oxygen atoms in total. The molecule has 1 rings (SSSR count). The van der Waals surface area contributed by atoms with E-state index in [-0.39, 0.29) is 18.3 Å². The molecule has 2 N–H and O–H groups in total. The number of hydrogen-bond donors (Lipinski definition) is 2. The number of esters is 1. The maximum atomic E-state index is 13.0. The van der Waals surface area contributed by atoms with Gasteiger partial charge in [0.25, 0.3) is 5.91 Å². The number of halogens is 2. The van der Waals surface area contributed by atoms with E-state index in [2.05, 4.69) is 5.23 Å². The van der Waals surface area contributed by atoms with Gasteiger partial charge in [-0.2, -0.15) is 0 Å². The molecule has 0 aromatic heterocycles. The minimum absolute atomic E-state index is 0.0672. The summed E-state index contributed by atoms with van der Waals surface area (Å²) in [5, 5.41) is 12.8. The van der Waals surface area contributed by atoms with Crippen molar-refractivity contribution in [3.05, 3.63) is 35.4 Å². The zero-order valence-corrected chi connectivity index (χ0v) is 19.1. The van der Waals surface area contributed by atoms with Crippen molar-refractivity contribution < 1.29 is 19.3 Å². The van der Waals surface area contributed by atoms with Crippen LogP contribution in [0.15, 0.2) is 24.3 Å². The van der Waals surface area contributed by atoms with Crippen LogP contribution in [0.1, 0.15) is 43.1 Å². The first-order valence-corrected chi connectivity index (χ1v) is 10.8. The molecular weight excluding hydrogens is 414 g/mol. The van der Waals surface area contributed by atoms with Gasteiger partial charge in [0.15, 0.2) is 0 Å². The maximum absolute atomic E-state index is 13.0. The maximum Gasteiger partial charge on any atom is 0.373 e. The molecule has 0 radical (unpaired) electrons. The third-order valence-electron chi connectivity index (χ3n) is 4.02. The number of alkyl halides is 2. The van der Waals surface area contributed by atoms with Gasteiger partial charge in [-0.3, -0.25) is 9.59 Å². The first-order valence-electron chi connectivity index (χ1n) is 9.72. The zero-order valence-electron chi connectivity index (χ0n) is 17.6. The lowest BCUT2D eigenvalue weighted by Crippen LogP contribution is -2.43. The van der Waals surface area contributed by atoms with Crippen LogP contribution < -0.4 is 5.23 Å². The second kappa shape index (κ2) is 12.4. The highest BCUT2D eigenvalue weighted by molar-refractivity contribution is 6.45. The van der Waals surface area contributed by atoms with Crippen molar-refractivity contribution >= 4 is 42.1 Å². The molecule has 9 heteroatoms. The van der Waals surface area contributed by atoms with E-state index >= 15 is 0 Å². The Bertz CT molecular complexity index is 662. The number of benzene rings is 1. The molecule has 0 aliphatic rings. The van der Waals surface area contributed by atoms with Crippen LogP contribution in [0.3, 0.4) is 0 Å². The first kappa shape index (κ1) is 25.8. The largest absolute Gasteiger partial charge is 0.460 e. The van der Waals surface area contributed by atoms with Crippen LogP contribution in [0, 0.1) is 0 Å². The Morgan fingerprint density at radius 3 is 2.31 bits per heavy atom. The van der Waals surface area contributed by atoms with Gasteiger partial charge >= 0.3 is 13.0 Å². The van der Waals surface area contributed by atoms with Gasteiger partial charge in [0.2, 0.25) is 0 Å². The highest BCUT2D eigenvalue weighted by Crippen LogP contribution is 2.17. The summed E-state index contributed by atoms with van der Waals surface area (Å²) >= 11 is 11.7. The van der Waals surface area contributed by atoms with Gasteiger partial charge in [0.1, 0.15) is 5.60 Å². The lowest BCUT2D eigenvalue weighted by atomic mass is 9.85. The Labute approximate surface area is 184 Å². The Hall–Kier alpha value is -1.28. The predicted molar refractivity (Wildman–Crippen MR) is 119 cm³/mol. The van der Waals surface area contributed by atoms with Crippen LogP contribution in [0.4, 0.5) is 0 Å². The molecule has 0 bridgehead atoms. The quantitative estimate of drug-likeness (QED) is 0.311. The van der Waals surface area contributed by atoms with Crippen molar-refractivity contribution in [1.29, 1.82) is 0 Å². The van der Waals surface area contributed by atoms with E-state index in [1.165, 1.54) is 0 Å². The van der Waals surface area contributed by atoms with E-state index in [1.54, 1.807) is 44.6 Å². The molecular formula is C20H31BCl2N2O4. The number of carbonyl (C=O) groups excluding carboxylic acids is 2. The van der Waals surface area contributed by atoms with E-state index in [9.17, 15) is 14.6 Å². The summed E-state index contributed by atoms with van der Waals surface area (Å²) < 4.78 is 5.40. The molecule has 1 aromatic rings. The van der Waals surface area contributed by atoms with Crippen molar-refractivity contribution in [3.8, 4) is 0 Å². The summed E-state index contributed by atoms with van der Waals surface area (Å²) in [7, 11) is -0.811. The van der Waals surface area contributed by atoms with E-state index in [1.807, 2.05) is 12.1 Å². The minimum Gasteiger partial charge on any atom is -0.460 e. The standard InChI is InChI=1S/C20H31BCl2N2O4/c1-20(2,3)29-18(26)14-16(24-21(4)28)13-15-7-5-6-8-17(15)19(27)25(11-9-22)12-10-23/h5-8,16,24,28H,9-14H2,1-4H3/t16-/m1/s1. The molecule has 0 aliphatic heterocycles. The summed E-state index contributed by atoms with van der Waals surface area (Å²) in [4.78, 5) is 26.9. The van der Waals surface area contributed by atoms with Crippen LogP contribution in [-0.2, 0) is 16.0 Å². The summed E-state index contributed by atoms with van der Waals surface area (Å²) in [5.74, 6) is 0.103. The van der Waals surface area contributed by atoms with Crippen molar-refractivity contribution in [2.24, 2.45) is 0 Å². The fraction of sp³-hybridized carbons (Fsp3) is 0.600. The Morgan fingerprint density at radius 1 is 1.21 bits per heavy atom. The van der Waals surface area contributed by atoms with Crippen LogP contribution in [-0.4, -0.2) is 65.3 Å².